The minimum atomic E-state index is 0.266. The molecule has 0 saturated heterocycles. The number of hydrogen-bond acceptors (Lipinski definition) is 1. The summed E-state index contributed by atoms with van der Waals surface area (Å²) >= 11 is 0. The number of hydrogen-bond donors (Lipinski definition) is 0. The summed E-state index contributed by atoms with van der Waals surface area (Å²) < 4.78 is 5.65. The molecule has 0 spiro atoms. The molecule has 0 radical (unpaired) electrons. The van der Waals surface area contributed by atoms with Crippen molar-refractivity contribution >= 4 is 0 Å². The minimum absolute atomic E-state index is 0.266. The number of rotatable bonds is 6. The molecule has 0 aromatic heterocycles. The molecule has 90 valence electrons. The van der Waals surface area contributed by atoms with Crippen LogP contribution in [0.2, 0.25) is 0 Å². The fraction of sp³-hybridized carbons (Fsp3) is 0.600. The van der Waals surface area contributed by atoms with Gasteiger partial charge in [0, 0.05) is 0 Å². The average molecular weight is 220 g/mol. The molecule has 0 aliphatic heterocycles. The topological polar surface area (TPSA) is 9.23 Å². The lowest BCUT2D eigenvalue weighted by Crippen LogP contribution is -2.15. The van der Waals surface area contributed by atoms with Gasteiger partial charge >= 0.3 is 0 Å². The second kappa shape index (κ2) is 5.93. The lowest BCUT2D eigenvalue weighted by molar-refractivity contribution is 0.309. The van der Waals surface area contributed by atoms with Gasteiger partial charge in [-0.25, -0.2) is 0 Å². The second-order valence-corrected chi connectivity index (χ2v) is 4.96. The molecule has 16 heavy (non-hydrogen) atoms. The molecule has 0 saturated carbocycles. The molecule has 1 rings (SSSR count). The summed E-state index contributed by atoms with van der Waals surface area (Å²) in [5.74, 6) is 0.990. The normalized spacial score (nSPS) is 11.5. The lowest BCUT2D eigenvalue weighted by atomic mass is 9.82. The summed E-state index contributed by atoms with van der Waals surface area (Å²) in [6.45, 7) is 9.79. The maximum absolute atomic E-state index is 5.65. The Balaban J connectivity index is 2.61. The van der Waals surface area contributed by atoms with Crippen LogP contribution in [0.5, 0.6) is 5.75 Å². The van der Waals surface area contributed by atoms with Crippen molar-refractivity contribution in [3.63, 3.8) is 0 Å². The van der Waals surface area contributed by atoms with Gasteiger partial charge in [-0.15, -0.1) is 0 Å². The standard InChI is InChI=1S/C15H24O/c1-5-7-12-16-14-10-8-13(9-11-14)15(3,4)6-2/h8-11H,5-7,12H2,1-4H3. The molecule has 0 N–H and O–H groups in total. The van der Waals surface area contributed by atoms with Crippen LogP contribution >= 0.6 is 0 Å². The predicted molar refractivity (Wildman–Crippen MR) is 70.2 cm³/mol. The van der Waals surface area contributed by atoms with Gasteiger partial charge in [0.1, 0.15) is 5.75 Å². The SMILES string of the molecule is CCCCOc1ccc(C(C)(C)CC)cc1. The summed E-state index contributed by atoms with van der Waals surface area (Å²) in [5.41, 5.74) is 1.65. The first-order chi connectivity index (χ1) is 7.60. The van der Waals surface area contributed by atoms with Gasteiger partial charge in [-0.2, -0.15) is 0 Å². The van der Waals surface area contributed by atoms with Crippen LogP contribution in [0.3, 0.4) is 0 Å². The smallest absolute Gasteiger partial charge is 0.119 e. The van der Waals surface area contributed by atoms with Gasteiger partial charge in [0.25, 0.3) is 0 Å². The van der Waals surface area contributed by atoms with Crippen molar-refractivity contribution in [3.8, 4) is 5.75 Å². The van der Waals surface area contributed by atoms with E-state index in [2.05, 4.69) is 52.0 Å². The van der Waals surface area contributed by atoms with Gasteiger partial charge < -0.3 is 4.74 Å². The lowest BCUT2D eigenvalue weighted by Gasteiger charge is -2.23. The third kappa shape index (κ3) is 3.55. The zero-order chi connectivity index (χ0) is 12.0. The molecule has 1 nitrogen and oxygen atoms in total. The quantitative estimate of drug-likeness (QED) is 0.639. The van der Waals surface area contributed by atoms with E-state index in [0.717, 1.165) is 25.2 Å². The highest BCUT2D eigenvalue weighted by Gasteiger charge is 2.17. The largest absolute Gasteiger partial charge is 0.494 e. The molecule has 1 aromatic rings. The van der Waals surface area contributed by atoms with Gasteiger partial charge in [0.2, 0.25) is 0 Å². The molecule has 0 bridgehead atoms. The van der Waals surface area contributed by atoms with Gasteiger partial charge in [-0.1, -0.05) is 46.2 Å². The molecular formula is C15H24O. The van der Waals surface area contributed by atoms with E-state index in [9.17, 15) is 0 Å². The Kier molecular flexibility index (Phi) is 4.85. The first-order valence-electron chi connectivity index (χ1n) is 6.33. The first kappa shape index (κ1) is 13.1. The van der Waals surface area contributed by atoms with E-state index in [0.29, 0.717) is 0 Å². The van der Waals surface area contributed by atoms with Crippen molar-refractivity contribution in [2.45, 2.75) is 52.4 Å². The van der Waals surface area contributed by atoms with Crippen LogP contribution in [0.25, 0.3) is 0 Å². The summed E-state index contributed by atoms with van der Waals surface area (Å²) in [4.78, 5) is 0. The molecule has 0 amide bonds. The Hall–Kier alpha value is -0.980. The number of unbranched alkanes of at least 4 members (excludes halogenated alkanes) is 1. The Morgan fingerprint density at radius 3 is 2.19 bits per heavy atom. The Morgan fingerprint density at radius 1 is 1.06 bits per heavy atom. The van der Waals surface area contributed by atoms with E-state index < -0.39 is 0 Å². The summed E-state index contributed by atoms with van der Waals surface area (Å²) in [5, 5.41) is 0. The molecule has 0 atom stereocenters. The van der Waals surface area contributed by atoms with E-state index in [1.54, 1.807) is 0 Å². The zero-order valence-corrected chi connectivity index (χ0v) is 11.0. The Bertz CT molecular complexity index is 298. The molecule has 0 aliphatic carbocycles. The van der Waals surface area contributed by atoms with E-state index in [-0.39, 0.29) is 5.41 Å². The van der Waals surface area contributed by atoms with Gasteiger partial charge in [-0.05, 0) is 36.0 Å². The Morgan fingerprint density at radius 2 is 1.69 bits per heavy atom. The van der Waals surface area contributed by atoms with Crippen LogP contribution in [0, 0.1) is 0 Å². The summed E-state index contributed by atoms with van der Waals surface area (Å²) in [7, 11) is 0. The average Bonchev–Trinajstić information content (AvgIpc) is 2.30. The zero-order valence-electron chi connectivity index (χ0n) is 11.0. The van der Waals surface area contributed by atoms with Crippen molar-refractivity contribution in [2.75, 3.05) is 6.61 Å². The molecule has 0 fully saturated rings. The monoisotopic (exact) mass is 220 g/mol. The van der Waals surface area contributed by atoms with Gasteiger partial charge in [0.15, 0.2) is 0 Å². The van der Waals surface area contributed by atoms with Crippen LogP contribution in [0.1, 0.15) is 52.5 Å². The maximum Gasteiger partial charge on any atom is 0.119 e. The van der Waals surface area contributed by atoms with E-state index in [1.165, 1.54) is 12.0 Å². The third-order valence-corrected chi connectivity index (χ3v) is 3.29. The summed E-state index contributed by atoms with van der Waals surface area (Å²) in [6.07, 6.45) is 3.46. The Labute approximate surface area is 99.8 Å². The van der Waals surface area contributed by atoms with Gasteiger partial charge in [-0.3, -0.25) is 0 Å². The van der Waals surface area contributed by atoms with Crippen molar-refractivity contribution in [3.05, 3.63) is 29.8 Å². The molecule has 1 heteroatoms. The molecule has 0 heterocycles. The fourth-order valence-corrected chi connectivity index (χ4v) is 1.54. The van der Waals surface area contributed by atoms with Crippen molar-refractivity contribution in [1.82, 2.24) is 0 Å². The molecule has 1 aromatic carbocycles. The van der Waals surface area contributed by atoms with Crippen LogP contribution in [0.15, 0.2) is 24.3 Å². The molecule has 0 unspecified atom stereocenters. The number of ether oxygens (including phenoxy) is 1. The van der Waals surface area contributed by atoms with E-state index >= 15 is 0 Å². The highest BCUT2D eigenvalue weighted by atomic mass is 16.5. The molecule has 0 aliphatic rings. The highest BCUT2D eigenvalue weighted by Crippen LogP contribution is 2.27. The van der Waals surface area contributed by atoms with Crippen molar-refractivity contribution < 1.29 is 4.74 Å². The van der Waals surface area contributed by atoms with Crippen LogP contribution in [-0.4, -0.2) is 6.61 Å². The predicted octanol–water partition coefficient (Wildman–Crippen LogP) is 4.55. The van der Waals surface area contributed by atoms with Crippen molar-refractivity contribution in [1.29, 1.82) is 0 Å². The van der Waals surface area contributed by atoms with Gasteiger partial charge in [0.05, 0.1) is 6.61 Å². The maximum atomic E-state index is 5.65. The summed E-state index contributed by atoms with van der Waals surface area (Å²) in [6, 6.07) is 8.54. The van der Waals surface area contributed by atoms with E-state index in [1.807, 2.05) is 0 Å². The van der Waals surface area contributed by atoms with E-state index in [4.69, 9.17) is 4.74 Å². The number of benzene rings is 1. The van der Waals surface area contributed by atoms with Crippen LogP contribution < -0.4 is 4.74 Å². The van der Waals surface area contributed by atoms with Crippen LogP contribution in [-0.2, 0) is 5.41 Å². The van der Waals surface area contributed by atoms with Crippen molar-refractivity contribution in [2.24, 2.45) is 0 Å². The highest BCUT2D eigenvalue weighted by molar-refractivity contribution is 5.31. The van der Waals surface area contributed by atoms with Crippen LogP contribution in [0.4, 0.5) is 0 Å². The third-order valence-electron chi connectivity index (χ3n) is 3.29. The minimum Gasteiger partial charge on any atom is -0.494 e. The second-order valence-electron chi connectivity index (χ2n) is 4.96. The molecular weight excluding hydrogens is 196 g/mol. The fourth-order valence-electron chi connectivity index (χ4n) is 1.54. The first-order valence-corrected chi connectivity index (χ1v) is 6.33.